The van der Waals surface area contributed by atoms with Crippen LogP contribution in [-0.2, 0) is 12.0 Å². The van der Waals surface area contributed by atoms with Gasteiger partial charge < -0.3 is 14.9 Å². The maximum atomic E-state index is 12.2. The first-order valence-electron chi connectivity index (χ1n) is 12.8. The Morgan fingerprint density at radius 3 is 2.28 bits per heavy atom. The van der Waals surface area contributed by atoms with Gasteiger partial charge in [0.1, 0.15) is 11.4 Å². The van der Waals surface area contributed by atoms with E-state index in [-0.39, 0.29) is 0 Å². The van der Waals surface area contributed by atoms with Gasteiger partial charge in [-0.15, -0.1) is 0 Å². The molecule has 0 spiro atoms. The van der Waals surface area contributed by atoms with Crippen molar-refractivity contribution in [3.63, 3.8) is 0 Å². The van der Waals surface area contributed by atoms with E-state index in [1.807, 2.05) is 44.4 Å². The second kappa shape index (κ2) is 10.7. The van der Waals surface area contributed by atoms with Crippen molar-refractivity contribution < 1.29 is 5.11 Å². The standard InChI is InChI=1S/C31H34BrN3O/c1-34(2)18-15-31(36,26-13-7-4-8-14-26)27-22-29-24(21-28(27)32)20-25(19-23-11-5-3-6-12-23)30(33-29)35-16-9-10-17-35/h3-8,11-14,20-22,36H,9-10,15-19H2,1-2H3. The maximum Gasteiger partial charge on any atom is 0.132 e. The van der Waals surface area contributed by atoms with Crippen LogP contribution in [0.2, 0.25) is 0 Å². The molecule has 1 unspecified atom stereocenters. The molecule has 0 saturated carbocycles. The topological polar surface area (TPSA) is 39.6 Å². The summed E-state index contributed by atoms with van der Waals surface area (Å²) < 4.78 is 0.904. The number of aliphatic hydroxyl groups is 1. The van der Waals surface area contributed by atoms with Gasteiger partial charge in [-0.25, -0.2) is 4.98 Å². The third-order valence-electron chi connectivity index (χ3n) is 7.22. The Hall–Kier alpha value is -2.73. The van der Waals surface area contributed by atoms with Crippen LogP contribution < -0.4 is 4.90 Å². The van der Waals surface area contributed by atoms with Crippen LogP contribution in [-0.4, -0.2) is 48.7 Å². The summed E-state index contributed by atoms with van der Waals surface area (Å²) in [4.78, 5) is 9.78. The van der Waals surface area contributed by atoms with Crippen LogP contribution in [0.5, 0.6) is 0 Å². The third kappa shape index (κ3) is 5.19. The molecule has 3 aromatic carbocycles. The molecule has 0 aliphatic carbocycles. The highest BCUT2D eigenvalue weighted by Crippen LogP contribution is 2.40. The molecule has 1 aliphatic heterocycles. The first-order chi connectivity index (χ1) is 17.4. The molecule has 2 heterocycles. The van der Waals surface area contributed by atoms with Gasteiger partial charge in [-0.1, -0.05) is 76.6 Å². The van der Waals surface area contributed by atoms with E-state index in [0.29, 0.717) is 6.42 Å². The summed E-state index contributed by atoms with van der Waals surface area (Å²) in [5.41, 5.74) is 4.09. The Bertz CT molecular complexity index is 1320. The van der Waals surface area contributed by atoms with E-state index in [0.717, 1.165) is 58.4 Å². The highest BCUT2D eigenvalue weighted by Gasteiger charge is 2.34. The first kappa shape index (κ1) is 24.9. The van der Waals surface area contributed by atoms with Gasteiger partial charge in [0, 0.05) is 41.5 Å². The predicted molar refractivity (Wildman–Crippen MR) is 153 cm³/mol. The summed E-state index contributed by atoms with van der Waals surface area (Å²) in [5.74, 6) is 1.08. The van der Waals surface area contributed by atoms with Gasteiger partial charge in [-0.2, -0.15) is 0 Å². The maximum absolute atomic E-state index is 12.2. The van der Waals surface area contributed by atoms with E-state index in [4.69, 9.17) is 4.98 Å². The van der Waals surface area contributed by atoms with Gasteiger partial charge >= 0.3 is 0 Å². The number of halogens is 1. The fourth-order valence-corrected chi connectivity index (χ4v) is 5.92. The molecule has 36 heavy (non-hydrogen) atoms. The zero-order valence-electron chi connectivity index (χ0n) is 21.1. The largest absolute Gasteiger partial charge is 0.380 e. The number of benzene rings is 3. The number of fused-ring (bicyclic) bond motifs is 1. The molecular weight excluding hydrogens is 510 g/mol. The van der Waals surface area contributed by atoms with Crippen molar-refractivity contribution in [1.29, 1.82) is 0 Å². The highest BCUT2D eigenvalue weighted by molar-refractivity contribution is 9.10. The van der Waals surface area contributed by atoms with E-state index >= 15 is 0 Å². The van der Waals surface area contributed by atoms with Crippen molar-refractivity contribution in [1.82, 2.24) is 9.88 Å². The van der Waals surface area contributed by atoms with Gasteiger partial charge in [0.05, 0.1) is 5.52 Å². The average Bonchev–Trinajstić information content (AvgIpc) is 3.43. The van der Waals surface area contributed by atoms with Gasteiger partial charge in [-0.05, 0) is 68.2 Å². The number of nitrogens with zero attached hydrogens (tertiary/aromatic N) is 3. The molecule has 1 aromatic heterocycles. The number of pyridine rings is 1. The smallest absolute Gasteiger partial charge is 0.132 e. The van der Waals surface area contributed by atoms with Crippen LogP contribution in [0.1, 0.15) is 41.5 Å². The summed E-state index contributed by atoms with van der Waals surface area (Å²) in [6.45, 7) is 2.85. The average molecular weight is 545 g/mol. The van der Waals surface area contributed by atoms with Gasteiger partial charge in [0.15, 0.2) is 0 Å². The van der Waals surface area contributed by atoms with E-state index in [1.165, 1.54) is 24.0 Å². The van der Waals surface area contributed by atoms with Crippen LogP contribution in [0.4, 0.5) is 5.82 Å². The lowest BCUT2D eigenvalue weighted by Crippen LogP contribution is -2.32. The molecule has 0 amide bonds. The molecule has 1 fully saturated rings. The normalized spacial score (nSPS) is 15.5. The van der Waals surface area contributed by atoms with E-state index < -0.39 is 5.60 Å². The minimum absolute atomic E-state index is 0.583. The Labute approximate surface area is 222 Å². The van der Waals surface area contributed by atoms with Crippen molar-refractivity contribution in [2.45, 2.75) is 31.3 Å². The molecule has 0 bridgehead atoms. The van der Waals surface area contributed by atoms with Crippen LogP contribution >= 0.6 is 15.9 Å². The summed E-state index contributed by atoms with van der Waals surface area (Å²) in [5, 5.41) is 13.3. The van der Waals surface area contributed by atoms with Gasteiger partial charge in [0.25, 0.3) is 0 Å². The Kier molecular flexibility index (Phi) is 7.42. The zero-order chi connectivity index (χ0) is 25.1. The number of rotatable bonds is 8. The minimum atomic E-state index is -1.13. The van der Waals surface area contributed by atoms with Crippen molar-refractivity contribution in [2.75, 3.05) is 38.6 Å². The Morgan fingerprint density at radius 2 is 1.61 bits per heavy atom. The lowest BCUT2D eigenvalue weighted by molar-refractivity contribution is 0.0623. The summed E-state index contributed by atoms with van der Waals surface area (Å²) >= 11 is 3.82. The quantitative estimate of drug-likeness (QED) is 0.280. The Morgan fingerprint density at radius 1 is 0.944 bits per heavy atom. The number of hydrogen-bond donors (Lipinski definition) is 1. The lowest BCUT2D eigenvalue weighted by Gasteiger charge is -2.32. The minimum Gasteiger partial charge on any atom is -0.380 e. The molecule has 5 heteroatoms. The van der Waals surface area contributed by atoms with Crippen molar-refractivity contribution in [3.05, 3.63) is 106 Å². The SMILES string of the molecule is CN(C)CCC(O)(c1ccccc1)c1cc2nc(N3CCCC3)c(Cc3ccccc3)cc2cc1Br. The molecule has 1 atom stereocenters. The van der Waals surface area contributed by atoms with Crippen LogP contribution in [0.3, 0.4) is 0 Å². The molecule has 1 aliphatic rings. The van der Waals surface area contributed by atoms with Gasteiger partial charge in [-0.3, -0.25) is 0 Å². The second-order valence-corrected chi connectivity index (χ2v) is 11.0. The second-order valence-electron chi connectivity index (χ2n) is 10.1. The van der Waals surface area contributed by atoms with Crippen molar-refractivity contribution in [2.24, 2.45) is 0 Å². The zero-order valence-corrected chi connectivity index (χ0v) is 22.7. The Balaban J connectivity index is 1.64. The van der Waals surface area contributed by atoms with Crippen molar-refractivity contribution >= 4 is 32.7 Å². The van der Waals surface area contributed by atoms with Crippen LogP contribution in [0.15, 0.2) is 83.3 Å². The van der Waals surface area contributed by atoms with E-state index in [1.54, 1.807) is 0 Å². The van der Waals surface area contributed by atoms with E-state index in [9.17, 15) is 5.11 Å². The molecular formula is C31H34BrN3O. The number of hydrogen-bond acceptors (Lipinski definition) is 4. The molecule has 1 N–H and O–H groups in total. The third-order valence-corrected chi connectivity index (χ3v) is 7.88. The lowest BCUT2D eigenvalue weighted by atomic mass is 9.83. The van der Waals surface area contributed by atoms with Crippen LogP contribution in [0, 0.1) is 0 Å². The molecule has 186 valence electrons. The highest BCUT2D eigenvalue weighted by atomic mass is 79.9. The molecule has 4 aromatic rings. The molecule has 4 nitrogen and oxygen atoms in total. The van der Waals surface area contributed by atoms with Gasteiger partial charge in [0.2, 0.25) is 0 Å². The number of aromatic nitrogens is 1. The fourth-order valence-electron chi connectivity index (χ4n) is 5.23. The van der Waals surface area contributed by atoms with Crippen molar-refractivity contribution in [3.8, 4) is 0 Å². The molecule has 1 saturated heterocycles. The predicted octanol–water partition coefficient (Wildman–Crippen LogP) is 6.38. The monoisotopic (exact) mass is 543 g/mol. The van der Waals surface area contributed by atoms with Crippen LogP contribution in [0.25, 0.3) is 10.9 Å². The summed E-state index contributed by atoms with van der Waals surface area (Å²) in [6.07, 6.45) is 3.84. The summed E-state index contributed by atoms with van der Waals surface area (Å²) in [6, 6.07) is 27.1. The van der Waals surface area contributed by atoms with E-state index in [2.05, 4.69) is 74.3 Å². The fraction of sp³-hybridized carbons (Fsp3) is 0.323. The molecule has 5 rings (SSSR count). The number of anilines is 1. The first-order valence-corrected chi connectivity index (χ1v) is 13.6. The molecule has 0 radical (unpaired) electrons. The summed E-state index contributed by atoms with van der Waals surface area (Å²) in [7, 11) is 4.08.